The molecule has 152 valence electrons. The Labute approximate surface area is 166 Å². The number of sulfonamides is 1. The first kappa shape index (κ1) is 21.9. The lowest BCUT2D eigenvalue weighted by Gasteiger charge is -2.09. The molecule has 0 saturated heterocycles. The number of aryl methyl sites for hydroxylation is 1. The summed E-state index contributed by atoms with van der Waals surface area (Å²) in [5, 5.41) is 8.75. The molecule has 0 spiro atoms. The molecular weight excluding hydrogens is 378 g/mol. The molecule has 0 aliphatic carbocycles. The molecule has 2 N–H and O–H groups in total. The molecule has 6 nitrogen and oxygen atoms in total. The van der Waals surface area contributed by atoms with Gasteiger partial charge in [-0.3, -0.25) is 4.79 Å². The first-order valence-corrected chi connectivity index (χ1v) is 10.9. The van der Waals surface area contributed by atoms with E-state index in [2.05, 4.69) is 11.6 Å². The Morgan fingerprint density at radius 1 is 1.00 bits per heavy atom. The van der Waals surface area contributed by atoms with Gasteiger partial charge in [-0.25, -0.2) is 13.1 Å². The first-order valence-electron chi connectivity index (χ1n) is 9.43. The molecule has 7 heteroatoms. The zero-order valence-electron chi connectivity index (χ0n) is 16.1. The Hall–Kier alpha value is -2.38. The van der Waals surface area contributed by atoms with Crippen molar-refractivity contribution >= 4 is 16.0 Å². The minimum Gasteiger partial charge on any atom is -0.492 e. The van der Waals surface area contributed by atoms with Crippen LogP contribution in [0.4, 0.5) is 0 Å². The molecule has 0 unspecified atom stereocenters. The lowest BCUT2D eigenvalue weighted by Crippen LogP contribution is -2.28. The first-order chi connectivity index (χ1) is 13.4. The van der Waals surface area contributed by atoms with Crippen LogP contribution in [0, 0.1) is 0 Å². The summed E-state index contributed by atoms with van der Waals surface area (Å²) in [4.78, 5) is 10.9. The smallest absolute Gasteiger partial charge is 0.307 e. The summed E-state index contributed by atoms with van der Waals surface area (Å²) in [6, 6.07) is 13.7. The fourth-order valence-corrected chi connectivity index (χ4v) is 3.73. The summed E-state index contributed by atoms with van der Waals surface area (Å²) in [5.41, 5.74) is 1.82. The number of unbranched alkanes of at least 4 members (excludes halogenated alkanes) is 2. The number of hydrogen-bond donors (Lipinski definition) is 2. The quantitative estimate of drug-likeness (QED) is 0.528. The molecule has 0 atom stereocenters. The highest BCUT2D eigenvalue weighted by molar-refractivity contribution is 7.89. The van der Waals surface area contributed by atoms with Gasteiger partial charge in [0.1, 0.15) is 12.4 Å². The maximum atomic E-state index is 12.3. The zero-order valence-corrected chi connectivity index (χ0v) is 16.9. The second-order valence-electron chi connectivity index (χ2n) is 6.56. The van der Waals surface area contributed by atoms with Gasteiger partial charge in [-0.05, 0) is 48.2 Å². The molecule has 0 amide bonds. The number of rotatable bonds is 12. The van der Waals surface area contributed by atoms with Crippen molar-refractivity contribution in [3.63, 3.8) is 0 Å². The third-order valence-electron chi connectivity index (χ3n) is 4.24. The van der Waals surface area contributed by atoms with Crippen LogP contribution in [-0.4, -0.2) is 32.6 Å². The summed E-state index contributed by atoms with van der Waals surface area (Å²) in [5.74, 6) is -0.332. The summed E-state index contributed by atoms with van der Waals surface area (Å²) in [6.07, 6.45) is 4.35. The minimum atomic E-state index is -3.57. The van der Waals surface area contributed by atoms with E-state index in [1.165, 1.54) is 6.42 Å². The highest BCUT2D eigenvalue weighted by Gasteiger charge is 2.13. The number of nitrogens with one attached hydrogen (secondary N) is 1. The largest absolute Gasteiger partial charge is 0.492 e. The fourth-order valence-electron chi connectivity index (χ4n) is 2.72. The molecule has 2 rings (SSSR count). The van der Waals surface area contributed by atoms with E-state index in [0.717, 1.165) is 24.8 Å². The van der Waals surface area contributed by atoms with Crippen LogP contribution in [0.15, 0.2) is 53.4 Å². The van der Waals surface area contributed by atoms with E-state index in [4.69, 9.17) is 9.84 Å². The van der Waals surface area contributed by atoms with Crippen molar-refractivity contribution < 1.29 is 23.1 Å². The molecule has 0 saturated carbocycles. The molecule has 28 heavy (non-hydrogen) atoms. The van der Waals surface area contributed by atoms with E-state index in [1.54, 1.807) is 36.4 Å². The average Bonchev–Trinajstić information content (AvgIpc) is 2.67. The molecule has 0 radical (unpaired) electrons. The number of aliphatic carboxylic acids is 1. The Balaban J connectivity index is 1.79. The molecule has 0 fully saturated rings. The van der Waals surface area contributed by atoms with Crippen LogP contribution < -0.4 is 9.46 Å². The van der Waals surface area contributed by atoms with Crippen LogP contribution in [0.2, 0.25) is 0 Å². The summed E-state index contributed by atoms with van der Waals surface area (Å²) in [6.45, 7) is 2.46. The summed E-state index contributed by atoms with van der Waals surface area (Å²) >= 11 is 0. The van der Waals surface area contributed by atoms with Crippen molar-refractivity contribution in [3.8, 4) is 5.75 Å². The summed E-state index contributed by atoms with van der Waals surface area (Å²) < 4.78 is 32.7. The number of carboxylic acid groups (broad SMARTS) is 1. The zero-order chi connectivity index (χ0) is 20.4. The molecule has 0 heterocycles. The van der Waals surface area contributed by atoms with Gasteiger partial charge in [0.05, 0.1) is 11.3 Å². The van der Waals surface area contributed by atoms with Crippen LogP contribution in [0.1, 0.15) is 37.3 Å². The van der Waals surface area contributed by atoms with Gasteiger partial charge in [0.2, 0.25) is 10.0 Å². The third kappa shape index (κ3) is 7.32. The van der Waals surface area contributed by atoms with Gasteiger partial charge < -0.3 is 9.84 Å². The number of ether oxygens (including phenoxy) is 1. The van der Waals surface area contributed by atoms with Gasteiger partial charge in [0, 0.05) is 6.54 Å². The predicted octanol–water partition coefficient (Wildman–Crippen LogP) is 3.40. The number of benzene rings is 2. The van der Waals surface area contributed by atoms with E-state index < -0.39 is 16.0 Å². The van der Waals surface area contributed by atoms with Gasteiger partial charge in [-0.2, -0.15) is 0 Å². The van der Waals surface area contributed by atoms with Crippen LogP contribution in [-0.2, 0) is 27.7 Å². The Kier molecular flexibility index (Phi) is 8.47. The normalized spacial score (nSPS) is 11.3. The SMILES string of the molecule is CCCCCc1ccc(S(=O)(=O)NCCOc2ccc(CC(=O)O)cc2)cc1. The molecule has 0 aliphatic heterocycles. The van der Waals surface area contributed by atoms with Gasteiger partial charge >= 0.3 is 5.97 Å². The molecular formula is C21H27NO5S. The van der Waals surface area contributed by atoms with Crippen molar-refractivity contribution in [1.29, 1.82) is 0 Å². The lowest BCUT2D eigenvalue weighted by atomic mass is 10.1. The van der Waals surface area contributed by atoms with Crippen molar-refractivity contribution in [1.82, 2.24) is 4.72 Å². The second kappa shape index (κ2) is 10.8. The van der Waals surface area contributed by atoms with E-state index in [-0.39, 0.29) is 24.5 Å². The maximum absolute atomic E-state index is 12.3. The minimum absolute atomic E-state index is 0.0442. The lowest BCUT2D eigenvalue weighted by molar-refractivity contribution is -0.136. The van der Waals surface area contributed by atoms with Gasteiger partial charge in [-0.1, -0.05) is 44.0 Å². The maximum Gasteiger partial charge on any atom is 0.307 e. The molecule has 2 aromatic rings. The highest BCUT2D eigenvalue weighted by atomic mass is 32.2. The Bertz CT molecular complexity index is 845. The van der Waals surface area contributed by atoms with Gasteiger partial charge in [0.25, 0.3) is 0 Å². The van der Waals surface area contributed by atoms with Crippen molar-refractivity contribution in [2.24, 2.45) is 0 Å². The van der Waals surface area contributed by atoms with Crippen LogP contribution in [0.3, 0.4) is 0 Å². The topological polar surface area (TPSA) is 92.7 Å². The number of hydrogen-bond acceptors (Lipinski definition) is 4. The number of carbonyl (C=O) groups is 1. The average molecular weight is 406 g/mol. The van der Waals surface area contributed by atoms with Crippen molar-refractivity contribution in [2.45, 2.75) is 43.9 Å². The monoisotopic (exact) mass is 405 g/mol. The third-order valence-corrected chi connectivity index (χ3v) is 5.72. The van der Waals surface area contributed by atoms with E-state index in [1.807, 2.05) is 12.1 Å². The van der Waals surface area contributed by atoms with Crippen LogP contribution in [0.5, 0.6) is 5.75 Å². The Morgan fingerprint density at radius 3 is 2.25 bits per heavy atom. The molecule has 2 aromatic carbocycles. The highest BCUT2D eigenvalue weighted by Crippen LogP contribution is 2.14. The standard InChI is InChI=1S/C21H27NO5S/c1-2-3-4-5-17-8-12-20(13-9-17)28(25,26)22-14-15-27-19-10-6-18(7-11-19)16-21(23)24/h6-13,22H,2-5,14-16H2,1H3,(H,23,24). The number of carboxylic acids is 1. The summed E-state index contributed by atoms with van der Waals surface area (Å²) in [7, 11) is -3.57. The van der Waals surface area contributed by atoms with Gasteiger partial charge in [-0.15, -0.1) is 0 Å². The van der Waals surface area contributed by atoms with Crippen molar-refractivity contribution in [2.75, 3.05) is 13.2 Å². The van der Waals surface area contributed by atoms with Crippen molar-refractivity contribution in [3.05, 3.63) is 59.7 Å². The molecule has 0 aliphatic rings. The van der Waals surface area contributed by atoms with E-state index in [9.17, 15) is 13.2 Å². The predicted molar refractivity (Wildman–Crippen MR) is 108 cm³/mol. The van der Waals surface area contributed by atoms with E-state index >= 15 is 0 Å². The second-order valence-corrected chi connectivity index (χ2v) is 8.33. The molecule has 0 bridgehead atoms. The fraction of sp³-hybridized carbons (Fsp3) is 0.381. The molecule has 0 aromatic heterocycles. The Morgan fingerprint density at radius 2 is 1.64 bits per heavy atom. The van der Waals surface area contributed by atoms with Crippen LogP contribution >= 0.6 is 0 Å². The van der Waals surface area contributed by atoms with Gasteiger partial charge in [0.15, 0.2) is 0 Å². The van der Waals surface area contributed by atoms with Crippen LogP contribution in [0.25, 0.3) is 0 Å². The van der Waals surface area contributed by atoms with E-state index in [0.29, 0.717) is 11.3 Å².